The molecule has 0 amide bonds. The number of piperidine rings is 2. The number of rotatable bonds is 6. The molecule has 0 spiro atoms. The molecule has 1 N–H and O–H groups in total. The second-order valence-corrected chi connectivity index (χ2v) is 7.84. The molecule has 2 aliphatic rings. The Morgan fingerprint density at radius 1 is 0.903 bits per heavy atom. The summed E-state index contributed by atoms with van der Waals surface area (Å²) in [6, 6.07) is 7.03. The fraction of sp³-hybridized carbons (Fsp3) is 0.500. The van der Waals surface area contributed by atoms with Crippen molar-refractivity contribution in [2.24, 2.45) is 5.10 Å². The highest BCUT2D eigenvalue weighted by molar-refractivity contribution is 5.90. The number of carbonyl (C=O) groups is 1. The van der Waals surface area contributed by atoms with E-state index in [-0.39, 0.29) is 5.97 Å². The molecular weight excluding hydrogens is 394 g/mol. The smallest absolute Gasteiger partial charge is 0.337 e. The first-order chi connectivity index (χ1) is 15.2. The van der Waals surface area contributed by atoms with Gasteiger partial charge < -0.3 is 14.5 Å². The van der Waals surface area contributed by atoms with Gasteiger partial charge in [-0.05, 0) is 56.2 Å². The van der Waals surface area contributed by atoms with Crippen LogP contribution in [0.15, 0.2) is 29.4 Å². The van der Waals surface area contributed by atoms with E-state index in [1.165, 1.54) is 20.0 Å². The van der Waals surface area contributed by atoms with Gasteiger partial charge >= 0.3 is 5.97 Å². The van der Waals surface area contributed by atoms with E-state index in [9.17, 15) is 4.79 Å². The number of carbonyl (C=O) groups excluding carboxylic acids is 1. The van der Waals surface area contributed by atoms with Crippen molar-refractivity contribution in [3.05, 3.63) is 35.4 Å². The number of methoxy groups -OCH3 is 1. The SMILES string of the molecule is COC(=O)c1ccc(/C=N/Nc2nc(N3CCCCC3)nc(N3CCCCC3)n2)cc1. The van der Waals surface area contributed by atoms with Crippen LogP contribution in [0.4, 0.5) is 17.8 Å². The van der Waals surface area contributed by atoms with Crippen LogP contribution in [0.25, 0.3) is 0 Å². The van der Waals surface area contributed by atoms with Gasteiger partial charge in [-0.2, -0.15) is 20.1 Å². The van der Waals surface area contributed by atoms with Gasteiger partial charge in [-0.15, -0.1) is 0 Å². The molecule has 9 nitrogen and oxygen atoms in total. The predicted molar refractivity (Wildman–Crippen MR) is 121 cm³/mol. The number of esters is 1. The highest BCUT2D eigenvalue weighted by atomic mass is 16.5. The molecule has 4 rings (SSSR count). The van der Waals surface area contributed by atoms with Gasteiger partial charge in [0.15, 0.2) is 0 Å². The van der Waals surface area contributed by atoms with Gasteiger partial charge in [0.05, 0.1) is 18.9 Å². The molecule has 2 fully saturated rings. The van der Waals surface area contributed by atoms with Crippen molar-refractivity contribution in [1.29, 1.82) is 0 Å². The maximum absolute atomic E-state index is 11.5. The van der Waals surface area contributed by atoms with E-state index in [1.807, 2.05) is 12.1 Å². The molecule has 164 valence electrons. The maximum Gasteiger partial charge on any atom is 0.337 e. The van der Waals surface area contributed by atoms with Gasteiger partial charge in [-0.1, -0.05) is 12.1 Å². The minimum Gasteiger partial charge on any atom is -0.465 e. The minimum atomic E-state index is -0.359. The van der Waals surface area contributed by atoms with Crippen LogP contribution in [0.3, 0.4) is 0 Å². The molecular formula is C22H29N7O2. The second kappa shape index (κ2) is 10.2. The Labute approximate surface area is 182 Å². The molecule has 2 aromatic rings. The van der Waals surface area contributed by atoms with E-state index >= 15 is 0 Å². The number of anilines is 3. The molecule has 0 unspecified atom stereocenters. The van der Waals surface area contributed by atoms with Crippen molar-refractivity contribution in [1.82, 2.24) is 15.0 Å². The van der Waals surface area contributed by atoms with Crippen molar-refractivity contribution < 1.29 is 9.53 Å². The van der Waals surface area contributed by atoms with Gasteiger partial charge in [0.25, 0.3) is 0 Å². The van der Waals surface area contributed by atoms with Crippen LogP contribution < -0.4 is 15.2 Å². The second-order valence-electron chi connectivity index (χ2n) is 7.84. The summed E-state index contributed by atoms with van der Waals surface area (Å²) >= 11 is 0. The molecule has 0 aliphatic carbocycles. The average Bonchev–Trinajstić information content (AvgIpc) is 2.85. The molecule has 0 saturated carbocycles. The quantitative estimate of drug-likeness (QED) is 0.430. The third kappa shape index (κ3) is 5.48. The van der Waals surface area contributed by atoms with Crippen molar-refractivity contribution in [2.45, 2.75) is 38.5 Å². The number of nitrogens with zero attached hydrogens (tertiary/aromatic N) is 6. The summed E-state index contributed by atoms with van der Waals surface area (Å²) in [4.78, 5) is 30.0. The van der Waals surface area contributed by atoms with E-state index in [1.54, 1.807) is 18.3 Å². The van der Waals surface area contributed by atoms with Gasteiger partial charge in [0, 0.05) is 26.2 Å². The summed E-state index contributed by atoms with van der Waals surface area (Å²) in [6.45, 7) is 3.88. The lowest BCUT2D eigenvalue weighted by molar-refractivity contribution is 0.0600. The number of hydrogen-bond donors (Lipinski definition) is 1. The van der Waals surface area contributed by atoms with Crippen molar-refractivity contribution in [3.63, 3.8) is 0 Å². The molecule has 31 heavy (non-hydrogen) atoms. The van der Waals surface area contributed by atoms with Crippen LogP contribution in [0.1, 0.15) is 54.4 Å². The first kappa shape index (κ1) is 21.0. The highest BCUT2D eigenvalue weighted by Crippen LogP contribution is 2.22. The maximum atomic E-state index is 11.5. The third-order valence-corrected chi connectivity index (χ3v) is 5.60. The normalized spacial score (nSPS) is 17.1. The predicted octanol–water partition coefficient (Wildman–Crippen LogP) is 3.08. The Hall–Kier alpha value is -3.23. The van der Waals surface area contributed by atoms with Crippen molar-refractivity contribution in [3.8, 4) is 0 Å². The van der Waals surface area contributed by atoms with Crippen LogP contribution in [0.2, 0.25) is 0 Å². The lowest BCUT2D eigenvalue weighted by Crippen LogP contribution is -2.34. The summed E-state index contributed by atoms with van der Waals surface area (Å²) in [5.74, 6) is 1.52. The van der Waals surface area contributed by atoms with Crippen molar-refractivity contribution in [2.75, 3.05) is 48.5 Å². The van der Waals surface area contributed by atoms with Crippen LogP contribution in [0, 0.1) is 0 Å². The standard InChI is InChI=1S/C22H29N7O2/c1-31-19(30)18-10-8-17(9-11-18)16-23-27-20-24-21(28-12-4-2-5-13-28)26-22(25-20)29-14-6-3-7-15-29/h8-11,16H,2-7,12-15H2,1H3,(H,24,25,26,27)/b23-16+. The number of hydrazone groups is 1. The lowest BCUT2D eigenvalue weighted by atomic mass is 10.1. The molecule has 1 aromatic carbocycles. The van der Waals surface area contributed by atoms with E-state index < -0.39 is 0 Å². The summed E-state index contributed by atoms with van der Waals surface area (Å²) < 4.78 is 4.72. The Kier molecular flexibility index (Phi) is 6.91. The number of benzene rings is 1. The van der Waals surface area contributed by atoms with Gasteiger partial charge in [0.1, 0.15) is 0 Å². The minimum absolute atomic E-state index is 0.359. The molecule has 0 radical (unpaired) electrons. The zero-order valence-corrected chi connectivity index (χ0v) is 18.0. The van der Waals surface area contributed by atoms with Gasteiger partial charge in [-0.25, -0.2) is 10.2 Å². The van der Waals surface area contributed by atoms with Crippen LogP contribution in [-0.2, 0) is 4.74 Å². The van der Waals surface area contributed by atoms with Crippen LogP contribution >= 0.6 is 0 Å². The first-order valence-corrected chi connectivity index (χ1v) is 11.0. The van der Waals surface area contributed by atoms with Crippen molar-refractivity contribution >= 4 is 30.0 Å². The topological polar surface area (TPSA) is 95.8 Å². The number of aromatic nitrogens is 3. The molecule has 9 heteroatoms. The van der Waals surface area contributed by atoms with E-state index in [0.717, 1.165) is 69.3 Å². The molecule has 3 heterocycles. The largest absolute Gasteiger partial charge is 0.465 e. The van der Waals surface area contributed by atoms with E-state index in [4.69, 9.17) is 9.72 Å². The zero-order valence-electron chi connectivity index (χ0n) is 18.0. The highest BCUT2D eigenvalue weighted by Gasteiger charge is 2.20. The number of nitrogens with one attached hydrogen (secondary N) is 1. The third-order valence-electron chi connectivity index (χ3n) is 5.60. The van der Waals surface area contributed by atoms with Crippen LogP contribution in [0.5, 0.6) is 0 Å². The zero-order chi connectivity index (χ0) is 21.5. The van der Waals surface area contributed by atoms with E-state index in [2.05, 4.69) is 30.3 Å². The number of ether oxygens (including phenoxy) is 1. The van der Waals surface area contributed by atoms with Crippen LogP contribution in [-0.4, -0.2) is 60.4 Å². The van der Waals surface area contributed by atoms with Gasteiger partial charge in [0.2, 0.25) is 17.8 Å². The molecule has 0 atom stereocenters. The molecule has 2 aliphatic heterocycles. The van der Waals surface area contributed by atoms with E-state index in [0.29, 0.717) is 11.5 Å². The monoisotopic (exact) mass is 423 g/mol. The average molecular weight is 424 g/mol. The Bertz CT molecular complexity index is 868. The Morgan fingerprint density at radius 2 is 1.45 bits per heavy atom. The summed E-state index contributed by atoms with van der Waals surface area (Å²) in [6.07, 6.45) is 8.82. The first-order valence-electron chi connectivity index (χ1n) is 11.0. The molecule has 0 bridgehead atoms. The fourth-order valence-electron chi connectivity index (χ4n) is 3.86. The Morgan fingerprint density at radius 3 is 1.97 bits per heavy atom. The number of hydrogen-bond acceptors (Lipinski definition) is 9. The summed E-state index contributed by atoms with van der Waals surface area (Å²) in [5.41, 5.74) is 4.31. The molecule has 2 saturated heterocycles. The Balaban J connectivity index is 1.50. The molecule has 1 aromatic heterocycles. The fourth-order valence-corrected chi connectivity index (χ4v) is 3.86. The van der Waals surface area contributed by atoms with Gasteiger partial charge in [-0.3, -0.25) is 0 Å². The summed E-state index contributed by atoms with van der Waals surface area (Å²) in [5, 5.41) is 4.30. The summed E-state index contributed by atoms with van der Waals surface area (Å²) in [7, 11) is 1.37. The lowest BCUT2D eigenvalue weighted by Gasteiger charge is -2.30.